The molecule has 1 spiro atoms. The van der Waals surface area contributed by atoms with E-state index >= 15 is 0 Å². The maximum atomic E-state index is 13.8. The van der Waals surface area contributed by atoms with E-state index in [2.05, 4.69) is 11.5 Å². The lowest BCUT2D eigenvalue weighted by molar-refractivity contribution is -0.137. The summed E-state index contributed by atoms with van der Waals surface area (Å²) in [4.78, 5) is 31.7. The first-order chi connectivity index (χ1) is 14.0. The van der Waals surface area contributed by atoms with Gasteiger partial charge in [-0.3, -0.25) is 14.4 Å². The minimum atomic E-state index is -0.773. The van der Waals surface area contributed by atoms with E-state index in [-0.39, 0.29) is 23.8 Å². The van der Waals surface area contributed by atoms with Gasteiger partial charge in [0.25, 0.3) is 5.91 Å². The third-order valence-electron chi connectivity index (χ3n) is 7.72. The van der Waals surface area contributed by atoms with Crippen molar-refractivity contribution in [3.8, 4) is 0 Å². The monoisotopic (exact) mass is 392 g/mol. The van der Waals surface area contributed by atoms with E-state index in [9.17, 15) is 9.59 Å². The Morgan fingerprint density at radius 1 is 1.31 bits per heavy atom. The second-order valence-electron chi connectivity index (χ2n) is 8.89. The summed E-state index contributed by atoms with van der Waals surface area (Å²) >= 11 is 0. The van der Waals surface area contributed by atoms with Gasteiger partial charge in [-0.15, -0.1) is 0 Å². The van der Waals surface area contributed by atoms with E-state index < -0.39 is 5.41 Å². The zero-order valence-corrected chi connectivity index (χ0v) is 16.8. The van der Waals surface area contributed by atoms with Gasteiger partial charge in [-0.1, -0.05) is 18.2 Å². The smallest absolute Gasteiger partial charge is 0.264 e. The molecule has 2 saturated heterocycles. The van der Waals surface area contributed by atoms with Crippen molar-refractivity contribution in [1.29, 1.82) is 0 Å². The number of nitrogens with zero attached hydrogens (tertiary/aromatic N) is 2. The first kappa shape index (κ1) is 17.4. The topological polar surface area (TPSA) is 60.8 Å². The summed E-state index contributed by atoms with van der Waals surface area (Å²) in [7, 11) is 1.54. The maximum absolute atomic E-state index is 13.8. The van der Waals surface area contributed by atoms with Crippen LogP contribution in [0.3, 0.4) is 0 Å². The molecule has 6 nitrogen and oxygen atoms in total. The molecule has 4 aliphatic heterocycles. The Balaban J connectivity index is 1.59. The van der Waals surface area contributed by atoms with Gasteiger partial charge >= 0.3 is 0 Å². The number of hydrogen-bond acceptors (Lipinski definition) is 4. The Labute approximate surface area is 169 Å². The van der Waals surface area contributed by atoms with Crippen LogP contribution in [-0.4, -0.2) is 36.1 Å². The highest BCUT2D eigenvalue weighted by atomic mass is 16.7. The molecule has 1 amide bonds. The quantitative estimate of drug-likeness (QED) is 0.736. The van der Waals surface area contributed by atoms with E-state index in [1.54, 1.807) is 6.92 Å². The lowest BCUT2D eigenvalue weighted by Gasteiger charge is -2.38. The van der Waals surface area contributed by atoms with Gasteiger partial charge < -0.3 is 9.30 Å². The van der Waals surface area contributed by atoms with E-state index in [4.69, 9.17) is 9.57 Å². The van der Waals surface area contributed by atoms with Crippen LogP contribution >= 0.6 is 0 Å². The number of rotatable bonds is 2. The summed E-state index contributed by atoms with van der Waals surface area (Å²) in [5.74, 6) is 0.652. The molecule has 1 aliphatic carbocycles. The van der Waals surface area contributed by atoms with Crippen molar-refractivity contribution >= 4 is 17.4 Å². The summed E-state index contributed by atoms with van der Waals surface area (Å²) < 4.78 is 8.62. The average molecular weight is 392 g/mol. The Morgan fingerprint density at radius 3 is 2.86 bits per heavy atom. The van der Waals surface area contributed by atoms with Gasteiger partial charge in [0.2, 0.25) is 0 Å². The molecule has 0 N–H and O–H groups in total. The Bertz CT molecular complexity index is 1070. The fraction of sp³-hybridized carbons (Fsp3) is 0.478. The number of aromatic nitrogens is 1. The van der Waals surface area contributed by atoms with Gasteiger partial charge in [-0.2, -0.15) is 5.06 Å². The summed E-state index contributed by atoms with van der Waals surface area (Å²) in [6, 6.07) is 9.98. The predicted octanol–water partition coefficient (Wildman–Crippen LogP) is 3.29. The van der Waals surface area contributed by atoms with Crippen molar-refractivity contribution in [2.75, 3.05) is 18.8 Å². The van der Waals surface area contributed by atoms with Crippen LogP contribution in [0.25, 0.3) is 0 Å². The molecule has 5 atom stereocenters. The standard InChI is InChI=1S/C23H24N2O4/c1-12-8-18(13(2)26)24-19-10-23(20-9-14(21(12)24)15(19)11-29-20)16-6-4-5-7-17(16)25(28-3)22(23)27/h4-8,14-15,19-20H,9-11H2,1-3H3/t14-,15+,19+,20-,23+/m1/s1. The lowest BCUT2D eigenvalue weighted by Crippen LogP contribution is -2.50. The second kappa shape index (κ2) is 5.58. The van der Waals surface area contributed by atoms with Crippen LogP contribution in [0.5, 0.6) is 0 Å². The number of ether oxygens (including phenoxy) is 1. The van der Waals surface area contributed by atoms with Crippen molar-refractivity contribution in [2.24, 2.45) is 5.92 Å². The molecule has 5 aliphatic rings. The molecule has 29 heavy (non-hydrogen) atoms. The van der Waals surface area contributed by atoms with E-state index in [1.807, 2.05) is 30.3 Å². The molecule has 1 aromatic carbocycles. The number of aryl methyl sites for hydroxylation is 1. The number of para-hydroxylation sites is 1. The van der Waals surface area contributed by atoms with Crippen LogP contribution in [0.2, 0.25) is 0 Å². The summed E-state index contributed by atoms with van der Waals surface area (Å²) in [5.41, 5.74) is 4.23. The number of carbonyl (C=O) groups excluding carboxylic acids is 2. The van der Waals surface area contributed by atoms with E-state index in [0.29, 0.717) is 24.9 Å². The van der Waals surface area contributed by atoms with E-state index in [1.165, 1.54) is 23.4 Å². The van der Waals surface area contributed by atoms with Gasteiger partial charge in [0.1, 0.15) is 5.41 Å². The van der Waals surface area contributed by atoms with Crippen LogP contribution in [0.1, 0.15) is 59.0 Å². The van der Waals surface area contributed by atoms with Crippen molar-refractivity contribution in [1.82, 2.24) is 4.57 Å². The maximum Gasteiger partial charge on any atom is 0.264 e. The van der Waals surface area contributed by atoms with Gasteiger partial charge in [0, 0.05) is 30.5 Å². The van der Waals surface area contributed by atoms with Gasteiger partial charge in [-0.25, -0.2) is 0 Å². The van der Waals surface area contributed by atoms with Gasteiger partial charge in [0.15, 0.2) is 5.78 Å². The normalized spacial score (nSPS) is 33.9. The van der Waals surface area contributed by atoms with Crippen molar-refractivity contribution < 1.29 is 19.2 Å². The van der Waals surface area contributed by atoms with Crippen molar-refractivity contribution in [3.05, 3.63) is 52.8 Å². The third kappa shape index (κ3) is 1.89. The molecule has 1 aromatic heterocycles. The number of ketones is 1. The number of fused-ring (bicyclic) bond motifs is 3. The van der Waals surface area contributed by atoms with Crippen LogP contribution in [0.4, 0.5) is 5.69 Å². The summed E-state index contributed by atoms with van der Waals surface area (Å²) in [6.07, 6.45) is 1.24. The molecular formula is C23H24N2O4. The molecule has 1 saturated carbocycles. The second-order valence-corrected chi connectivity index (χ2v) is 8.89. The number of Topliss-reactive ketones (excluding diaryl/α,β-unsaturated/α-hetero) is 1. The third-order valence-corrected chi connectivity index (χ3v) is 7.72. The number of amides is 1. The number of carbonyl (C=O) groups is 2. The van der Waals surface area contributed by atoms with Crippen molar-refractivity contribution in [2.45, 2.75) is 50.2 Å². The molecule has 5 heterocycles. The molecule has 2 aromatic rings. The molecule has 150 valence electrons. The van der Waals surface area contributed by atoms with Crippen molar-refractivity contribution in [3.63, 3.8) is 0 Å². The Hall–Kier alpha value is -2.44. The molecule has 4 bridgehead atoms. The predicted molar refractivity (Wildman–Crippen MR) is 106 cm³/mol. The highest BCUT2D eigenvalue weighted by molar-refractivity contribution is 6.07. The van der Waals surface area contributed by atoms with Gasteiger partial charge in [0.05, 0.1) is 31.2 Å². The fourth-order valence-electron chi connectivity index (χ4n) is 6.64. The largest absolute Gasteiger partial charge is 0.376 e. The minimum Gasteiger partial charge on any atom is -0.376 e. The molecule has 7 rings (SSSR count). The highest BCUT2D eigenvalue weighted by Crippen LogP contribution is 2.62. The number of benzene rings is 1. The summed E-state index contributed by atoms with van der Waals surface area (Å²) in [5, 5.41) is 1.43. The van der Waals surface area contributed by atoms with Crippen LogP contribution < -0.4 is 5.06 Å². The highest BCUT2D eigenvalue weighted by Gasteiger charge is 2.65. The molecule has 6 heteroatoms. The Kier molecular flexibility index (Phi) is 3.35. The fourth-order valence-corrected chi connectivity index (χ4v) is 6.64. The van der Waals surface area contributed by atoms with E-state index in [0.717, 1.165) is 23.4 Å². The molecular weight excluding hydrogens is 368 g/mol. The van der Waals surface area contributed by atoms with Gasteiger partial charge in [-0.05, 0) is 43.0 Å². The zero-order valence-electron chi connectivity index (χ0n) is 16.8. The lowest BCUT2D eigenvalue weighted by atomic mass is 9.71. The first-order valence-electron chi connectivity index (χ1n) is 10.3. The molecule has 0 radical (unpaired) electrons. The zero-order chi connectivity index (χ0) is 20.1. The first-order valence-corrected chi connectivity index (χ1v) is 10.3. The molecule has 3 fully saturated rings. The Morgan fingerprint density at radius 2 is 2.10 bits per heavy atom. The number of hydroxylamine groups is 1. The molecule has 0 unspecified atom stereocenters. The number of anilines is 1. The minimum absolute atomic E-state index is 0.0470. The van der Waals surface area contributed by atoms with Crippen LogP contribution in [0.15, 0.2) is 30.3 Å². The average Bonchev–Trinajstić information content (AvgIpc) is 3.21. The summed E-state index contributed by atoms with van der Waals surface area (Å²) in [6.45, 7) is 4.36. The van der Waals surface area contributed by atoms with Crippen LogP contribution in [-0.2, 0) is 19.8 Å². The van der Waals surface area contributed by atoms with Crippen LogP contribution in [0, 0.1) is 12.8 Å². The SMILES string of the molecule is CON1C(=O)[C@@]2(C[C@H]3[C@H]4CO[C@@H]2C[C@H]4c2c(C)cc(C(C)=O)n23)c2ccccc21. The number of hydrogen-bond donors (Lipinski definition) is 0.